The highest BCUT2D eigenvalue weighted by Crippen LogP contribution is 1.85. The maximum Gasteiger partial charge on any atom is 0.0768 e. The van der Waals surface area contributed by atoms with E-state index in [1.165, 1.54) is 0 Å². The van der Waals surface area contributed by atoms with E-state index >= 15 is 0 Å². The van der Waals surface area contributed by atoms with Gasteiger partial charge in [-0.25, -0.2) is 0 Å². The quantitative estimate of drug-likeness (QED) is 0.472. The summed E-state index contributed by atoms with van der Waals surface area (Å²) in [5.41, 5.74) is 0. The van der Waals surface area contributed by atoms with Crippen LogP contribution in [0.3, 0.4) is 0 Å². The molecule has 3 atom stereocenters. The second kappa shape index (κ2) is 8.93. The summed E-state index contributed by atoms with van der Waals surface area (Å²) in [7, 11) is 0. The summed E-state index contributed by atoms with van der Waals surface area (Å²) in [4.78, 5) is 0. The standard InChI is InChI=1S/2C4H10O2/c1-3(5)4(2)6;1-2-4(6)3-5/h3-6H,1-2H3;4-6H,2-3H2,1H3. The Morgan fingerprint density at radius 3 is 1.33 bits per heavy atom. The topological polar surface area (TPSA) is 80.9 Å². The van der Waals surface area contributed by atoms with Crippen LogP contribution >= 0.6 is 0 Å². The van der Waals surface area contributed by atoms with E-state index in [9.17, 15) is 0 Å². The van der Waals surface area contributed by atoms with Crippen LogP contribution in [0.4, 0.5) is 0 Å². The molecule has 0 amide bonds. The third kappa shape index (κ3) is 12.5. The van der Waals surface area contributed by atoms with Gasteiger partial charge in [-0.3, -0.25) is 0 Å². The maximum atomic E-state index is 8.42. The van der Waals surface area contributed by atoms with Crippen molar-refractivity contribution in [2.75, 3.05) is 6.61 Å². The summed E-state index contributed by atoms with van der Waals surface area (Å²) < 4.78 is 0. The number of aliphatic hydroxyl groups is 4. The molecule has 3 unspecified atom stereocenters. The van der Waals surface area contributed by atoms with Crippen LogP contribution in [0.15, 0.2) is 0 Å². The van der Waals surface area contributed by atoms with Crippen molar-refractivity contribution in [2.24, 2.45) is 0 Å². The van der Waals surface area contributed by atoms with Gasteiger partial charge in [0.05, 0.1) is 24.9 Å². The van der Waals surface area contributed by atoms with Crippen LogP contribution in [-0.4, -0.2) is 45.3 Å². The van der Waals surface area contributed by atoms with Crippen LogP contribution in [-0.2, 0) is 0 Å². The Morgan fingerprint density at radius 1 is 1.00 bits per heavy atom. The molecule has 0 aliphatic rings. The molecule has 4 heteroatoms. The fraction of sp³-hybridized carbons (Fsp3) is 1.00. The molecule has 0 aliphatic carbocycles. The van der Waals surface area contributed by atoms with Gasteiger partial charge in [-0.2, -0.15) is 0 Å². The summed E-state index contributed by atoms with van der Waals surface area (Å²) in [6.07, 6.45) is -1.06. The summed E-state index contributed by atoms with van der Waals surface area (Å²) in [6.45, 7) is 4.80. The van der Waals surface area contributed by atoms with Gasteiger partial charge in [0.1, 0.15) is 0 Å². The van der Waals surface area contributed by atoms with Gasteiger partial charge in [0.25, 0.3) is 0 Å². The average molecular weight is 180 g/mol. The smallest absolute Gasteiger partial charge is 0.0768 e. The Labute approximate surface area is 73.5 Å². The Hall–Kier alpha value is -0.160. The van der Waals surface area contributed by atoms with Crippen LogP contribution < -0.4 is 0 Å². The molecule has 0 saturated carbocycles. The first-order valence-corrected chi connectivity index (χ1v) is 4.10. The van der Waals surface area contributed by atoms with E-state index in [1.807, 2.05) is 6.92 Å². The Morgan fingerprint density at radius 2 is 1.33 bits per heavy atom. The lowest BCUT2D eigenvalue weighted by molar-refractivity contribution is 0.0438. The zero-order chi connectivity index (χ0) is 10.1. The lowest BCUT2D eigenvalue weighted by atomic mass is 10.3. The minimum atomic E-state index is -0.593. The zero-order valence-corrected chi connectivity index (χ0v) is 7.94. The minimum Gasteiger partial charge on any atom is -0.394 e. The minimum absolute atomic E-state index is 0.115. The molecule has 76 valence electrons. The molecule has 0 aromatic heterocycles. The second-order valence-electron chi connectivity index (χ2n) is 2.73. The van der Waals surface area contributed by atoms with Crippen molar-refractivity contribution in [1.82, 2.24) is 0 Å². The molecule has 0 rings (SSSR count). The van der Waals surface area contributed by atoms with Crippen molar-refractivity contribution in [3.05, 3.63) is 0 Å². The van der Waals surface area contributed by atoms with Gasteiger partial charge in [0.15, 0.2) is 0 Å². The van der Waals surface area contributed by atoms with Crippen molar-refractivity contribution in [2.45, 2.75) is 45.5 Å². The van der Waals surface area contributed by atoms with E-state index < -0.39 is 18.3 Å². The van der Waals surface area contributed by atoms with Crippen molar-refractivity contribution in [3.8, 4) is 0 Å². The Bertz CT molecular complexity index is 73.1. The predicted molar refractivity (Wildman–Crippen MR) is 46.7 cm³/mol. The fourth-order valence-corrected chi connectivity index (χ4v) is 0.129. The van der Waals surface area contributed by atoms with E-state index in [4.69, 9.17) is 20.4 Å². The summed E-state index contributed by atoms with van der Waals surface area (Å²) in [5.74, 6) is 0. The highest BCUT2D eigenvalue weighted by atomic mass is 16.3. The highest BCUT2D eigenvalue weighted by molar-refractivity contribution is 4.50. The van der Waals surface area contributed by atoms with Crippen molar-refractivity contribution in [3.63, 3.8) is 0 Å². The van der Waals surface area contributed by atoms with Crippen LogP contribution in [0.2, 0.25) is 0 Å². The van der Waals surface area contributed by atoms with Crippen LogP contribution in [0, 0.1) is 0 Å². The molecule has 0 fully saturated rings. The van der Waals surface area contributed by atoms with Crippen molar-refractivity contribution >= 4 is 0 Å². The molecule has 0 heterocycles. The monoisotopic (exact) mass is 180 g/mol. The van der Waals surface area contributed by atoms with Crippen molar-refractivity contribution in [1.29, 1.82) is 0 Å². The third-order valence-corrected chi connectivity index (χ3v) is 1.38. The molecule has 0 aromatic carbocycles. The number of rotatable bonds is 3. The molecule has 0 aromatic rings. The lowest BCUT2D eigenvalue weighted by Gasteiger charge is -2.03. The van der Waals surface area contributed by atoms with Gasteiger partial charge < -0.3 is 20.4 Å². The lowest BCUT2D eigenvalue weighted by Crippen LogP contribution is -2.17. The molecular weight excluding hydrogens is 160 g/mol. The Balaban J connectivity index is 0. The van der Waals surface area contributed by atoms with E-state index in [0.717, 1.165) is 0 Å². The van der Waals surface area contributed by atoms with Gasteiger partial charge in [0.2, 0.25) is 0 Å². The van der Waals surface area contributed by atoms with Gasteiger partial charge in [-0.05, 0) is 20.3 Å². The van der Waals surface area contributed by atoms with Gasteiger partial charge in [0, 0.05) is 0 Å². The molecule has 12 heavy (non-hydrogen) atoms. The number of hydrogen-bond acceptors (Lipinski definition) is 4. The molecule has 0 radical (unpaired) electrons. The van der Waals surface area contributed by atoms with Crippen LogP contribution in [0.5, 0.6) is 0 Å². The van der Waals surface area contributed by atoms with Gasteiger partial charge in [-0.15, -0.1) is 0 Å². The molecular formula is C8H20O4. The second-order valence-corrected chi connectivity index (χ2v) is 2.73. The molecule has 4 N–H and O–H groups in total. The first-order valence-electron chi connectivity index (χ1n) is 4.10. The fourth-order valence-electron chi connectivity index (χ4n) is 0.129. The molecule has 0 saturated heterocycles. The average Bonchev–Trinajstić information content (AvgIpc) is 2.04. The van der Waals surface area contributed by atoms with Gasteiger partial charge >= 0.3 is 0 Å². The predicted octanol–water partition coefficient (Wildman–Crippen LogP) is -0.502. The summed E-state index contributed by atoms with van der Waals surface area (Å²) in [5, 5.41) is 33.3. The highest BCUT2D eigenvalue weighted by Gasteiger charge is 1.99. The van der Waals surface area contributed by atoms with E-state index in [2.05, 4.69) is 0 Å². The third-order valence-electron chi connectivity index (χ3n) is 1.38. The molecule has 0 spiro atoms. The van der Waals surface area contributed by atoms with E-state index in [1.54, 1.807) is 13.8 Å². The number of hydrogen-bond donors (Lipinski definition) is 4. The van der Waals surface area contributed by atoms with Crippen LogP contribution in [0.1, 0.15) is 27.2 Å². The number of aliphatic hydroxyl groups excluding tert-OH is 4. The largest absolute Gasteiger partial charge is 0.394 e. The molecule has 0 bridgehead atoms. The molecule has 0 aliphatic heterocycles. The van der Waals surface area contributed by atoms with Gasteiger partial charge in [-0.1, -0.05) is 6.92 Å². The zero-order valence-electron chi connectivity index (χ0n) is 7.94. The summed E-state index contributed by atoms with van der Waals surface area (Å²) in [6, 6.07) is 0. The SMILES string of the molecule is CC(O)C(C)O.CCC(O)CO. The summed E-state index contributed by atoms with van der Waals surface area (Å²) >= 11 is 0. The van der Waals surface area contributed by atoms with Crippen molar-refractivity contribution < 1.29 is 20.4 Å². The van der Waals surface area contributed by atoms with Crippen LogP contribution in [0.25, 0.3) is 0 Å². The first kappa shape index (κ1) is 14.4. The first-order chi connectivity index (χ1) is 5.45. The normalized spacial score (nSPS) is 17.2. The van der Waals surface area contributed by atoms with E-state index in [0.29, 0.717) is 6.42 Å². The molecule has 4 nitrogen and oxygen atoms in total. The Kier molecular flexibility index (Phi) is 10.7. The van der Waals surface area contributed by atoms with E-state index in [-0.39, 0.29) is 6.61 Å². The maximum absolute atomic E-state index is 8.42.